The van der Waals surface area contributed by atoms with Gasteiger partial charge in [-0.25, -0.2) is 13.2 Å². The van der Waals surface area contributed by atoms with Gasteiger partial charge in [0.25, 0.3) is 0 Å². The molecule has 0 saturated carbocycles. The van der Waals surface area contributed by atoms with E-state index < -0.39 is 21.6 Å². The van der Waals surface area contributed by atoms with Crippen molar-refractivity contribution in [1.82, 2.24) is 9.78 Å². The highest BCUT2D eigenvalue weighted by molar-refractivity contribution is 7.90. The van der Waals surface area contributed by atoms with E-state index in [1.807, 2.05) is 30.3 Å². The fraction of sp³-hybridized carbons (Fsp3) is 0.200. The Kier molecular flexibility index (Phi) is 5.58. The number of rotatable bonds is 5. The largest absolute Gasteiger partial charge is 0.465 e. The Morgan fingerprint density at radius 2 is 1.82 bits per heavy atom. The first-order valence-corrected chi connectivity index (χ1v) is 10.5. The average Bonchev–Trinajstić information content (AvgIpc) is 2.93. The zero-order valence-electron chi connectivity index (χ0n) is 15.6. The van der Waals surface area contributed by atoms with Crippen LogP contribution in [0, 0.1) is 6.92 Å². The maximum Gasteiger partial charge on any atom is 0.338 e. The number of hydrogen-bond acceptors (Lipinski definition) is 5. The van der Waals surface area contributed by atoms with Crippen molar-refractivity contribution in [3.8, 4) is 11.1 Å². The van der Waals surface area contributed by atoms with Gasteiger partial charge in [0.2, 0.25) is 0 Å². The second-order valence-electron chi connectivity index (χ2n) is 6.32. The van der Waals surface area contributed by atoms with E-state index in [1.54, 1.807) is 32.2 Å². The van der Waals surface area contributed by atoms with E-state index >= 15 is 0 Å². The summed E-state index contributed by atoms with van der Waals surface area (Å²) in [4.78, 5) is 12.2. The minimum atomic E-state index is -3.84. The predicted molar refractivity (Wildman–Crippen MR) is 107 cm³/mol. The van der Waals surface area contributed by atoms with Crippen molar-refractivity contribution < 1.29 is 17.9 Å². The maximum absolute atomic E-state index is 13.1. The van der Waals surface area contributed by atoms with Crippen LogP contribution >= 0.6 is 11.6 Å². The highest BCUT2D eigenvalue weighted by atomic mass is 35.5. The van der Waals surface area contributed by atoms with Gasteiger partial charge in [-0.3, -0.25) is 4.68 Å². The number of nitrogens with zero attached hydrogens (tertiary/aromatic N) is 2. The van der Waals surface area contributed by atoms with Crippen molar-refractivity contribution in [3.63, 3.8) is 0 Å². The van der Waals surface area contributed by atoms with Crippen molar-refractivity contribution in [2.24, 2.45) is 7.05 Å². The minimum Gasteiger partial charge on any atom is -0.465 e. The van der Waals surface area contributed by atoms with Crippen molar-refractivity contribution >= 4 is 27.4 Å². The Bertz CT molecular complexity index is 1140. The van der Waals surface area contributed by atoms with Gasteiger partial charge in [0, 0.05) is 7.05 Å². The van der Waals surface area contributed by atoms with E-state index in [1.165, 1.54) is 11.8 Å². The molecule has 0 spiro atoms. The molecule has 2 aromatic carbocycles. The van der Waals surface area contributed by atoms with Crippen LogP contribution in [0.25, 0.3) is 11.1 Å². The summed E-state index contributed by atoms with van der Waals surface area (Å²) in [5.74, 6) is -0.997. The molecule has 0 unspecified atom stereocenters. The van der Waals surface area contributed by atoms with Gasteiger partial charge >= 0.3 is 5.97 Å². The van der Waals surface area contributed by atoms with E-state index in [0.29, 0.717) is 11.3 Å². The predicted octanol–water partition coefficient (Wildman–Crippen LogP) is 3.81. The summed E-state index contributed by atoms with van der Waals surface area (Å²) in [5.41, 5.74) is 2.56. The van der Waals surface area contributed by atoms with Gasteiger partial charge in [-0.05, 0) is 35.7 Å². The number of aryl methyl sites for hydroxylation is 2. The highest BCUT2D eigenvalue weighted by Crippen LogP contribution is 2.30. The lowest BCUT2D eigenvalue weighted by Crippen LogP contribution is -2.12. The third-order valence-electron chi connectivity index (χ3n) is 4.37. The van der Waals surface area contributed by atoms with Gasteiger partial charge in [0.15, 0.2) is 9.84 Å². The quantitative estimate of drug-likeness (QED) is 0.589. The first-order valence-electron chi connectivity index (χ1n) is 8.43. The Hall–Kier alpha value is -2.64. The summed E-state index contributed by atoms with van der Waals surface area (Å²) in [6.45, 7) is 1.58. The molecule has 0 aliphatic heterocycles. The molecule has 146 valence electrons. The molecule has 1 aromatic heterocycles. The van der Waals surface area contributed by atoms with Gasteiger partial charge in [0.1, 0.15) is 10.0 Å². The van der Waals surface area contributed by atoms with Gasteiger partial charge in [-0.2, -0.15) is 5.10 Å². The second kappa shape index (κ2) is 7.77. The molecule has 0 fully saturated rings. The molecule has 28 heavy (non-hydrogen) atoms. The molecule has 0 atom stereocenters. The molecular weight excluding hydrogens is 400 g/mol. The number of benzene rings is 2. The van der Waals surface area contributed by atoms with E-state index in [9.17, 15) is 13.2 Å². The summed E-state index contributed by atoms with van der Waals surface area (Å²) in [7, 11) is -1.01. The topological polar surface area (TPSA) is 78.3 Å². The summed E-state index contributed by atoms with van der Waals surface area (Å²) < 4.78 is 32.3. The van der Waals surface area contributed by atoms with Gasteiger partial charge < -0.3 is 4.74 Å². The number of ether oxygens (including phenoxy) is 1. The third kappa shape index (κ3) is 3.81. The summed E-state index contributed by atoms with van der Waals surface area (Å²) >= 11 is 6.15. The van der Waals surface area contributed by atoms with E-state index in [0.717, 1.165) is 11.1 Å². The molecule has 0 saturated heterocycles. The standard InChI is InChI=1S/C20H19ClN2O4S/c1-13-18(19(21)23(2)22-13)28(25,26)12-16-11-15(14-7-5-4-6-8-14)9-10-17(16)20(24)27-3/h4-11H,12H2,1-3H3. The van der Waals surface area contributed by atoms with Crippen LogP contribution in [0.5, 0.6) is 0 Å². The van der Waals surface area contributed by atoms with Crippen molar-refractivity contribution in [2.75, 3.05) is 7.11 Å². The molecule has 0 N–H and O–H groups in total. The third-order valence-corrected chi connectivity index (χ3v) is 6.72. The Morgan fingerprint density at radius 1 is 1.14 bits per heavy atom. The molecular formula is C20H19ClN2O4S. The molecule has 8 heteroatoms. The van der Waals surface area contributed by atoms with Crippen LogP contribution in [0.1, 0.15) is 21.6 Å². The zero-order valence-corrected chi connectivity index (χ0v) is 17.2. The fourth-order valence-electron chi connectivity index (χ4n) is 3.07. The van der Waals surface area contributed by atoms with Gasteiger partial charge in [-0.15, -0.1) is 0 Å². The van der Waals surface area contributed by atoms with Crippen LogP contribution < -0.4 is 0 Å². The molecule has 1 heterocycles. The molecule has 0 aliphatic rings. The Morgan fingerprint density at radius 3 is 2.39 bits per heavy atom. The van der Waals surface area contributed by atoms with Crippen LogP contribution in [0.4, 0.5) is 0 Å². The number of carbonyl (C=O) groups excluding carboxylic acids is 1. The minimum absolute atomic E-state index is 0.0300. The summed E-state index contributed by atoms with van der Waals surface area (Å²) in [6, 6.07) is 14.5. The van der Waals surface area contributed by atoms with Crippen molar-refractivity contribution in [3.05, 3.63) is 70.5 Å². The maximum atomic E-state index is 13.1. The fourth-order valence-corrected chi connectivity index (χ4v) is 5.27. The lowest BCUT2D eigenvalue weighted by molar-refractivity contribution is 0.0600. The van der Waals surface area contributed by atoms with Gasteiger partial charge in [-0.1, -0.05) is 48.0 Å². The highest BCUT2D eigenvalue weighted by Gasteiger charge is 2.27. The lowest BCUT2D eigenvalue weighted by atomic mass is 10.00. The Balaban J connectivity index is 2.12. The van der Waals surface area contributed by atoms with E-state index in [2.05, 4.69) is 5.10 Å². The number of esters is 1. The number of methoxy groups -OCH3 is 1. The molecule has 0 aliphatic carbocycles. The number of sulfone groups is 1. The molecule has 0 amide bonds. The first-order chi connectivity index (χ1) is 13.2. The van der Waals surface area contributed by atoms with Crippen LogP contribution in [0.3, 0.4) is 0 Å². The number of aromatic nitrogens is 2. The number of halogens is 1. The number of hydrogen-bond donors (Lipinski definition) is 0. The molecule has 0 radical (unpaired) electrons. The summed E-state index contributed by atoms with van der Waals surface area (Å²) in [5, 5.41) is 4.11. The summed E-state index contributed by atoms with van der Waals surface area (Å²) in [6.07, 6.45) is 0. The van der Waals surface area contributed by atoms with Crippen LogP contribution in [-0.2, 0) is 27.4 Å². The van der Waals surface area contributed by atoms with E-state index in [4.69, 9.17) is 16.3 Å². The lowest BCUT2D eigenvalue weighted by Gasteiger charge is -2.12. The van der Waals surface area contributed by atoms with Crippen LogP contribution in [-0.4, -0.2) is 31.3 Å². The second-order valence-corrected chi connectivity index (χ2v) is 8.60. The monoisotopic (exact) mass is 418 g/mol. The van der Waals surface area contributed by atoms with Crippen molar-refractivity contribution in [1.29, 1.82) is 0 Å². The zero-order chi connectivity index (χ0) is 20.5. The molecule has 3 rings (SSSR count). The number of carbonyl (C=O) groups is 1. The van der Waals surface area contributed by atoms with Crippen LogP contribution in [0.15, 0.2) is 53.4 Å². The molecule has 6 nitrogen and oxygen atoms in total. The smallest absolute Gasteiger partial charge is 0.338 e. The average molecular weight is 419 g/mol. The molecule has 0 bridgehead atoms. The van der Waals surface area contributed by atoms with E-state index in [-0.39, 0.29) is 15.6 Å². The van der Waals surface area contributed by atoms with Gasteiger partial charge in [0.05, 0.1) is 24.1 Å². The first kappa shape index (κ1) is 20.1. The Labute approximate surface area is 168 Å². The van der Waals surface area contributed by atoms with Crippen LogP contribution in [0.2, 0.25) is 5.15 Å². The van der Waals surface area contributed by atoms with Crippen molar-refractivity contribution in [2.45, 2.75) is 17.6 Å². The molecule has 3 aromatic rings. The normalized spacial score (nSPS) is 11.4. The SMILES string of the molecule is COC(=O)c1ccc(-c2ccccc2)cc1CS(=O)(=O)c1c(C)nn(C)c1Cl.